The molecule has 1 atom stereocenters. The molecule has 1 saturated heterocycles. The van der Waals surface area contributed by atoms with Crippen LogP contribution in [0.2, 0.25) is 5.02 Å². The van der Waals surface area contributed by atoms with E-state index in [0.717, 1.165) is 42.7 Å². The highest BCUT2D eigenvalue weighted by Gasteiger charge is 2.33. The lowest BCUT2D eigenvalue weighted by molar-refractivity contribution is -0.137. The van der Waals surface area contributed by atoms with Gasteiger partial charge in [-0.1, -0.05) is 11.6 Å². The van der Waals surface area contributed by atoms with Gasteiger partial charge < -0.3 is 15.5 Å². The largest absolute Gasteiger partial charge is 0.417 e. The van der Waals surface area contributed by atoms with Gasteiger partial charge in [0.05, 0.1) is 29.4 Å². The van der Waals surface area contributed by atoms with E-state index in [2.05, 4.69) is 15.7 Å². The van der Waals surface area contributed by atoms with E-state index < -0.39 is 22.7 Å². The highest BCUT2D eigenvalue weighted by molar-refractivity contribution is 6.31. The first kappa shape index (κ1) is 24.3. The summed E-state index contributed by atoms with van der Waals surface area (Å²) in [6, 6.07) is 3.05. The Hall–Kier alpha value is -2.79. The first-order valence-electron chi connectivity index (χ1n) is 11.1. The van der Waals surface area contributed by atoms with Gasteiger partial charge in [0.15, 0.2) is 0 Å². The van der Waals surface area contributed by atoms with Crippen molar-refractivity contribution in [3.05, 3.63) is 46.2 Å². The first-order chi connectivity index (χ1) is 16.1. The number of urea groups is 1. The number of nitrogens with one attached hydrogen (secondary N) is 2. The normalized spacial score (nSPS) is 19.0. The standard InChI is InChI=1S/C22H26ClF3N6O2/c1-30-19-4-2-3-18(15(19)12-27-30)29-21(34)32-9-7-31(8-10-32)13-20(33)28-14-5-6-17(23)16(11-14)22(24,25)26/h5-6,11-12,18H,2-4,7-10,13H2,1H3,(H,28,33)(H,29,34). The van der Waals surface area contributed by atoms with Gasteiger partial charge in [0, 0.05) is 50.2 Å². The average Bonchev–Trinajstić information content (AvgIpc) is 3.16. The molecular weight excluding hydrogens is 473 g/mol. The summed E-state index contributed by atoms with van der Waals surface area (Å²) in [5, 5.41) is 9.47. The average molecular weight is 499 g/mol. The van der Waals surface area contributed by atoms with E-state index in [1.165, 1.54) is 6.07 Å². The summed E-state index contributed by atoms with van der Waals surface area (Å²) < 4.78 is 40.9. The fraction of sp³-hybridized carbons (Fsp3) is 0.500. The van der Waals surface area contributed by atoms with E-state index in [1.54, 1.807) is 4.90 Å². The van der Waals surface area contributed by atoms with Crippen molar-refractivity contribution in [1.82, 2.24) is 24.9 Å². The molecule has 184 valence electrons. The van der Waals surface area contributed by atoms with Crippen molar-refractivity contribution in [2.75, 3.05) is 38.0 Å². The van der Waals surface area contributed by atoms with Crippen LogP contribution in [-0.2, 0) is 24.4 Å². The topological polar surface area (TPSA) is 82.5 Å². The maximum Gasteiger partial charge on any atom is 0.417 e. The molecular formula is C22H26ClF3N6O2. The zero-order valence-electron chi connectivity index (χ0n) is 18.7. The summed E-state index contributed by atoms with van der Waals surface area (Å²) in [7, 11) is 1.90. The van der Waals surface area contributed by atoms with E-state index in [0.29, 0.717) is 26.2 Å². The molecule has 1 unspecified atom stereocenters. The summed E-state index contributed by atoms with van der Waals surface area (Å²) in [6.45, 7) is 1.88. The number of benzene rings is 1. The predicted molar refractivity (Wildman–Crippen MR) is 121 cm³/mol. The number of aromatic nitrogens is 2. The van der Waals surface area contributed by atoms with Crippen LogP contribution in [0, 0.1) is 0 Å². The molecule has 8 nitrogen and oxygen atoms in total. The molecule has 0 bridgehead atoms. The van der Waals surface area contributed by atoms with Crippen LogP contribution in [0.4, 0.5) is 23.7 Å². The van der Waals surface area contributed by atoms with Crippen LogP contribution >= 0.6 is 11.6 Å². The molecule has 0 spiro atoms. The second-order valence-electron chi connectivity index (χ2n) is 8.57. The van der Waals surface area contributed by atoms with Gasteiger partial charge in [0.25, 0.3) is 0 Å². The Bertz CT molecular complexity index is 1070. The highest BCUT2D eigenvalue weighted by Crippen LogP contribution is 2.36. The smallest absolute Gasteiger partial charge is 0.331 e. The molecule has 4 rings (SSSR count). The quantitative estimate of drug-likeness (QED) is 0.676. The third kappa shape index (κ3) is 5.47. The van der Waals surface area contributed by atoms with Crippen LogP contribution in [0.3, 0.4) is 0 Å². The van der Waals surface area contributed by atoms with Gasteiger partial charge in [0.1, 0.15) is 0 Å². The van der Waals surface area contributed by atoms with Gasteiger partial charge in [0.2, 0.25) is 5.91 Å². The summed E-state index contributed by atoms with van der Waals surface area (Å²) in [4.78, 5) is 28.7. The SMILES string of the molecule is Cn1ncc2c1CCCC2NC(=O)N1CCN(CC(=O)Nc2ccc(Cl)c(C(F)(F)F)c2)CC1. The van der Waals surface area contributed by atoms with Gasteiger partial charge in [-0.25, -0.2) is 4.79 Å². The van der Waals surface area contributed by atoms with Gasteiger partial charge >= 0.3 is 12.2 Å². The Morgan fingerprint density at radius 3 is 2.65 bits per heavy atom. The fourth-order valence-corrected chi connectivity index (χ4v) is 4.65. The summed E-state index contributed by atoms with van der Waals surface area (Å²) in [5.74, 6) is -0.431. The maximum absolute atomic E-state index is 13.0. The molecule has 1 aromatic heterocycles. The number of alkyl halides is 3. The summed E-state index contributed by atoms with van der Waals surface area (Å²) in [5.41, 5.74) is 1.24. The maximum atomic E-state index is 13.0. The van der Waals surface area contributed by atoms with Crippen molar-refractivity contribution < 1.29 is 22.8 Å². The number of piperazine rings is 1. The molecule has 1 fully saturated rings. The monoisotopic (exact) mass is 498 g/mol. The van der Waals surface area contributed by atoms with Crippen molar-refractivity contribution in [1.29, 1.82) is 0 Å². The first-order valence-corrected chi connectivity index (χ1v) is 11.4. The number of hydrogen-bond acceptors (Lipinski definition) is 4. The molecule has 2 aromatic rings. The Morgan fingerprint density at radius 1 is 1.21 bits per heavy atom. The molecule has 2 heterocycles. The number of anilines is 1. The number of nitrogens with zero attached hydrogens (tertiary/aromatic N) is 4. The molecule has 2 N–H and O–H groups in total. The minimum Gasteiger partial charge on any atom is -0.331 e. The van der Waals surface area contributed by atoms with E-state index >= 15 is 0 Å². The lowest BCUT2D eigenvalue weighted by atomic mass is 9.93. The molecule has 1 aromatic carbocycles. The molecule has 34 heavy (non-hydrogen) atoms. The molecule has 2 aliphatic rings. The van der Waals surface area contributed by atoms with Crippen LogP contribution in [0.1, 0.15) is 35.7 Å². The zero-order chi connectivity index (χ0) is 24.5. The number of carbonyl (C=O) groups is 2. The number of amides is 3. The van der Waals surface area contributed by atoms with E-state index in [1.807, 2.05) is 22.8 Å². The second-order valence-corrected chi connectivity index (χ2v) is 8.98. The highest BCUT2D eigenvalue weighted by atomic mass is 35.5. The van der Waals surface area contributed by atoms with E-state index in [-0.39, 0.29) is 24.3 Å². The van der Waals surface area contributed by atoms with Crippen LogP contribution in [0.5, 0.6) is 0 Å². The molecule has 12 heteroatoms. The molecule has 0 radical (unpaired) electrons. The van der Waals surface area contributed by atoms with Crippen molar-refractivity contribution in [2.24, 2.45) is 7.05 Å². The number of aryl methyl sites for hydroxylation is 1. The van der Waals surface area contributed by atoms with Gasteiger partial charge in [-0.15, -0.1) is 0 Å². The lowest BCUT2D eigenvalue weighted by Gasteiger charge is -2.35. The Balaban J connectivity index is 1.26. The van der Waals surface area contributed by atoms with Crippen molar-refractivity contribution in [3.63, 3.8) is 0 Å². The number of fused-ring (bicyclic) bond motifs is 1. The van der Waals surface area contributed by atoms with Crippen molar-refractivity contribution in [2.45, 2.75) is 31.5 Å². The zero-order valence-corrected chi connectivity index (χ0v) is 19.4. The molecule has 1 aliphatic carbocycles. The third-order valence-electron chi connectivity index (χ3n) is 6.26. The number of hydrogen-bond donors (Lipinski definition) is 2. The molecule has 3 amide bonds. The summed E-state index contributed by atoms with van der Waals surface area (Å²) in [6.07, 6.45) is 0.00946. The second kappa shape index (κ2) is 9.83. The number of carbonyl (C=O) groups excluding carboxylic acids is 2. The fourth-order valence-electron chi connectivity index (χ4n) is 4.43. The van der Waals surface area contributed by atoms with Crippen LogP contribution in [0.15, 0.2) is 24.4 Å². The summed E-state index contributed by atoms with van der Waals surface area (Å²) >= 11 is 5.62. The third-order valence-corrected chi connectivity index (χ3v) is 6.59. The van der Waals surface area contributed by atoms with Crippen molar-refractivity contribution in [3.8, 4) is 0 Å². The Morgan fingerprint density at radius 2 is 1.94 bits per heavy atom. The number of rotatable bonds is 4. The molecule has 1 aliphatic heterocycles. The van der Waals surface area contributed by atoms with Gasteiger partial charge in [-0.3, -0.25) is 14.4 Å². The van der Waals surface area contributed by atoms with E-state index in [9.17, 15) is 22.8 Å². The number of halogens is 4. The van der Waals surface area contributed by atoms with Gasteiger partial charge in [-0.05, 0) is 37.5 Å². The minimum absolute atomic E-state index is 0.0150. The van der Waals surface area contributed by atoms with Crippen molar-refractivity contribution >= 4 is 29.2 Å². The van der Waals surface area contributed by atoms with Crippen LogP contribution in [0.25, 0.3) is 0 Å². The predicted octanol–water partition coefficient (Wildman–Crippen LogP) is 3.44. The Labute approximate surface area is 200 Å². The Kier molecular flexibility index (Phi) is 7.04. The van der Waals surface area contributed by atoms with E-state index in [4.69, 9.17) is 11.6 Å². The van der Waals surface area contributed by atoms with Gasteiger partial charge in [-0.2, -0.15) is 18.3 Å². The lowest BCUT2D eigenvalue weighted by Crippen LogP contribution is -2.53. The minimum atomic E-state index is -4.61. The van der Waals surface area contributed by atoms with Crippen LogP contribution in [-0.4, -0.2) is 64.2 Å². The van der Waals surface area contributed by atoms with Crippen LogP contribution < -0.4 is 10.6 Å². The molecule has 0 saturated carbocycles.